The van der Waals surface area contributed by atoms with Gasteiger partial charge in [0.2, 0.25) is 5.91 Å². The highest BCUT2D eigenvalue weighted by atomic mass is 16.6. The van der Waals surface area contributed by atoms with Crippen molar-refractivity contribution in [3.8, 4) is 0 Å². The van der Waals surface area contributed by atoms with E-state index in [1.54, 1.807) is 0 Å². The van der Waals surface area contributed by atoms with Crippen molar-refractivity contribution in [1.82, 2.24) is 15.1 Å². The van der Waals surface area contributed by atoms with Crippen LogP contribution in [0.25, 0.3) is 0 Å². The van der Waals surface area contributed by atoms with Gasteiger partial charge in [-0.25, -0.2) is 4.79 Å². The third-order valence-corrected chi connectivity index (χ3v) is 4.57. The quantitative estimate of drug-likeness (QED) is 0.862. The van der Waals surface area contributed by atoms with Gasteiger partial charge in [-0.2, -0.15) is 0 Å². The average molecular weight is 325 g/mol. The van der Waals surface area contributed by atoms with Crippen molar-refractivity contribution in [2.24, 2.45) is 0 Å². The number of piperidine rings is 1. The molecule has 0 aromatic rings. The SMILES string of the molecule is C[C@H](C(=O)N1CCCC1)N1CCC(NC(=O)OC(C)(C)C)CC1. The van der Waals surface area contributed by atoms with Crippen molar-refractivity contribution in [3.63, 3.8) is 0 Å². The van der Waals surface area contributed by atoms with Gasteiger partial charge in [0.15, 0.2) is 0 Å². The van der Waals surface area contributed by atoms with Gasteiger partial charge in [-0.15, -0.1) is 0 Å². The Hall–Kier alpha value is -1.30. The van der Waals surface area contributed by atoms with Crippen LogP contribution in [0.5, 0.6) is 0 Å². The van der Waals surface area contributed by atoms with E-state index in [1.165, 1.54) is 0 Å². The van der Waals surface area contributed by atoms with Crippen molar-refractivity contribution in [1.29, 1.82) is 0 Å². The number of hydrogen-bond acceptors (Lipinski definition) is 4. The second-order valence-corrected chi connectivity index (χ2v) is 7.66. The van der Waals surface area contributed by atoms with Gasteiger partial charge in [0, 0.05) is 32.2 Å². The normalized spacial score (nSPS) is 22.0. The molecule has 0 bridgehead atoms. The van der Waals surface area contributed by atoms with Crippen molar-refractivity contribution < 1.29 is 14.3 Å². The number of carbonyl (C=O) groups excluding carboxylic acids is 2. The molecule has 0 unspecified atom stereocenters. The van der Waals surface area contributed by atoms with Crippen LogP contribution in [0, 0.1) is 0 Å². The van der Waals surface area contributed by atoms with Crippen LogP contribution in [0.3, 0.4) is 0 Å². The van der Waals surface area contributed by atoms with Gasteiger partial charge in [0.25, 0.3) is 0 Å². The molecule has 1 N–H and O–H groups in total. The van der Waals surface area contributed by atoms with Crippen LogP contribution in [0.1, 0.15) is 53.4 Å². The Kier molecular flexibility index (Phi) is 5.89. The van der Waals surface area contributed by atoms with E-state index >= 15 is 0 Å². The lowest BCUT2D eigenvalue weighted by molar-refractivity contribution is -0.135. The summed E-state index contributed by atoms with van der Waals surface area (Å²) in [6.45, 7) is 11.1. The minimum atomic E-state index is -0.471. The molecule has 23 heavy (non-hydrogen) atoms. The standard InChI is InChI=1S/C17H31N3O3/c1-13(15(21)20-9-5-6-10-20)19-11-7-14(8-12-19)18-16(22)23-17(2,3)4/h13-14H,5-12H2,1-4H3,(H,18,22)/t13-/m1/s1. The molecule has 2 aliphatic rings. The fourth-order valence-electron chi connectivity index (χ4n) is 3.26. The molecule has 2 heterocycles. The largest absolute Gasteiger partial charge is 0.444 e. The van der Waals surface area contributed by atoms with Crippen molar-refractivity contribution in [3.05, 3.63) is 0 Å². The van der Waals surface area contributed by atoms with Crippen LogP contribution in [-0.2, 0) is 9.53 Å². The van der Waals surface area contributed by atoms with E-state index in [2.05, 4.69) is 10.2 Å². The summed E-state index contributed by atoms with van der Waals surface area (Å²) in [6.07, 6.45) is 3.62. The molecule has 0 saturated carbocycles. The fourth-order valence-corrected chi connectivity index (χ4v) is 3.26. The van der Waals surface area contributed by atoms with Crippen LogP contribution in [0.2, 0.25) is 0 Å². The third kappa shape index (κ3) is 5.37. The number of rotatable bonds is 3. The highest BCUT2D eigenvalue weighted by Crippen LogP contribution is 2.17. The van der Waals surface area contributed by atoms with Gasteiger partial charge in [0.05, 0.1) is 6.04 Å². The van der Waals surface area contributed by atoms with Crippen LogP contribution < -0.4 is 5.32 Å². The molecule has 2 rings (SSSR count). The van der Waals surface area contributed by atoms with Gasteiger partial charge in [-0.1, -0.05) is 0 Å². The minimum Gasteiger partial charge on any atom is -0.444 e. The Morgan fingerprint density at radius 3 is 2.17 bits per heavy atom. The summed E-state index contributed by atoms with van der Waals surface area (Å²) in [4.78, 5) is 28.5. The summed E-state index contributed by atoms with van der Waals surface area (Å²) in [5, 5.41) is 2.94. The number of ether oxygens (including phenoxy) is 1. The summed E-state index contributed by atoms with van der Waals surface area (Å²) in [7, 11) is 0. The lowest BCUT2D eigenvalue weighted by atomic mass is 10.0. The van der Waals surface area contributed by atoms with Crippen LogP contribution in [-0.4, -0.2) is 65.7 Å². The molecular formula is C17H31N3O3. The van der Waals surface area contributed by atoms with E-state index in [1.807, 2.05) is 32.6 Å². The van der Waals surface area contributed by atoms with Gasteiger partial charge < -0.3 is 15.0 Å². The average Bonchev–Trinajstić information content (AvgIpc) is 2.98. The van der Waals surface area contributed by atoms with Gasteiger partial charge in [-0.05, 0) is 53.4 Å². The molecule has 6 heteroatoms. The Morgan fingerprint density at radius 1 is 1.09 bits per heavy atom. The topological polar surface area (TPSA) is 61.9 Å². The molecule has 2 aliphatic heterocycles. The van der Waals surface area contributed by atoms with Gasteiger partial charge in [-0.3, -0.25) is 9.69 Å². The number of likely N-dealkylation sites (tertiary alicyclic amines) is 2. The number of hydrogen-bond donors (Lipinski definition) is 1. The zero-order chi connectivity index (χ0) is 17.0. The van der Waals surface area contributed by atoms with E-state index in [0.29, 0.717) is 0 Å². The van der Waals surface area contributed by atoms with Crippen LogP contribution >= 0.6 is 0 Å². The molecule has 0 radical (unpaired) electrons. The molecule has 1 atom stereocenters. The third-order valence-electron chi connectivity index (χ3n) is 4.57. The number of carbonyl (C=O) groups is 2. The summed E-state index contributed by atoms with van der Waals surface area (Å²) >= 11 is 0. The van der Waals surface area contributed by atoms with Crippen molar-refractivity contribution >= 4 is 12.0 Å². The predicted octanol–water partition coefficient (Wildman–Crippen LogP) is 1.99. The molecule has 0 aliphatic carbocycles. The highest BCUT2D eigenvalue weighted by molar-refractivity contribution is 5.81. The molecular weight excluding hydrogens is 294 g/mol. The second-order valence-electron chi connectivity index (χ2n) is 7.66. The van der Waals surface area contributed by atoms with E-state index < -0.39 is 5.60 Å². The minimum absolute atomic E-state index is 0.0597. The van der Waals surface area contributed by atoms with Gasteiger partial charge >= 0.3 is 6.09 Å². The van der Waals surface area contributed by atoms with E-state index in [0.717, 1.165) is 51.9 Å². The first-order chi connectivity index (χ1) is 10.8. The van der Waals surface area contributed by atoms with E-state index in [9.17, 15) is 9.59 Å². The Morgan fingerprint density at radius 2 is 1.65 bits per heavy atom. The molecule has 6 nitrogen and oxygen atoms in total. The van der Waals surface area contributed by atoms with E-state index in [-0.39, 0.29) is 24.1 Å². The second kappa shape index (κ2) is 7.51. The summed E-state index contributed by atoms with van der Waals surface area (Å²) < 4.78 is 5.30. The number of amides is 2. The number of nitrogens with zero attached hydrogens (tertiary/aromatic N) is 2. The first-order valence-electron chi connectivity index (χ1n) is 8.78. The van der Waals surface area contributed by atoms with Gasteiger partial charge in [0.1, 0.15) is 5.60 Å². The Labute approximate surface area is 139 Å². The molecule has 2 amide bonds. The Bertz CT molecular complexity index is 419. The zero-order valence-electron chi connectivity index (χ0n) is 14.9. The lowest BCUT2D eigenvalue weighted by Gasteiger charge is -2.37. The maximum absolute atomic E-state index is 12.5. The monoisotopic (exact) mass is 325 g/mol. The number of alkyl carbamates (subject to hydrolysis) is 1. The summed E-state index contributed by atoms with van der Waals surface area (Å²) in [6, 6.07) is 0.0748. The smallest absolute Gasteiger partial charge is 0.407 e. The fraction of sp³-hybridized carbons (Fsp3) is 0.882. The lowest BCUT2D eigenvalue weighted by Crippen LogP contribution is -2.52. The summed E-state index contributed by atoms with van der Waals surface area (Å²) in [5.74, 6) is 0.251. The summed E-state index contributed by atoms with van der Waals surface area (Å²) in [5.41, 5.74) is -0.471. The maximum atomic E-state index is 12.5. The maximum Gasteiger partial charge on any atom is 0.407 e. The predicted molar refractivity (Wildman–Crippen MR) is 89.2 cm³/mol. The van der Waals surface area contributed by atoms with Crippen LogP contribution in [0.4, 0.5) is 4.79 Å². The first-order valence-corrected chi connectivity index (χ1v) is 8.78. The molecule has 0 aromatic heterocycles. The van der Waals surface area contributed by atoms with Crippen molar-refractivity contribution in [2.45, 2.75) is 71.1 Å². The van der Waals surface area contributed by atoms with E-state index in [4.69, 9.17) is 4.74 Å². The zero-order valence-corrected chi connectivity index (χ0v) is 14.9. The molecule has 132 valence electrons. The first kappa shape index (κ1) is 18.0. The molecule has 2 saturated heterocycles. The molecule has 0 spiro atoms. The van der Waals surface area contributed by atoms with Crippen molar-refractivity contribution in [2.75, 3.05) is 26.2 Å². The Balaban J connectivity index is 1.74. The molecule has 0 aromatic carbocycles. The molecule has 2 fully saturated rings. The number of nitrogens with one attached hydrogen (secondary N) is 1. The van der Waals surface area contributed by atoms with Crippen LogP contribution in [0.15, 0.2) is 0 Å². The highest BCUT2D eigenvalue weighted by Gasteiger charge is 2.31.